The van der Waals surface area contributed by atoms with Gasteiger partial charge in [0, 0.05) is 22.2 Å². The van der Waals surface area contributed by atoms with Gasteiger partial charge in [0.25, 0.3) is 5.91 Å². The van der Waals surface area contributed by atoms with Crippen LogP contribution in [0.2, 0.25) is 0 Å². The Kier molecular flexibility index (Phi) is 6.06. The monoisotopic (exact) mass is 395 g/mol. The molecule has 0 aliphatic heterocycles. The maximum Gasteiger partial charge on any atom is 0.411 e. The van der Waals surface area contributed by atoms with Gasteiger partial charge in [-0.1, -0.05) is 29.8 Å². The lowest BCUT2D eigenvalue weighted by atomic mass is 10.0. The highest BCUT2D eigenvalue weighted by Crippen LogP contribution is 2.28. The molecule has 2 amide bonds. The SMILES string of the molecule is CCOC(=O)Nc1cccc(C(=O)Nc2nc(-c3ccc(C)cc3C)cs2)c1. The molecule has 2 N–H and O–H groups in total. The van der Waals surface area contributed by atoms with Gasteiger partial charge in [0.15, 0.2) is 5.13 Å². The van der Waals surface area contributed by atoms with Crippen LogP contribution >= 0.6 is 11.3 Å². The van der Waals surface area contributed by atoms with E-state index in [1.54, 1.807) is 31.2 Å². The van der Waals surface area contributed by atoms with E-state index in [-0.39, 0.29) is 12.5 Å². The average molecular weight is 395 g/mol. The number of benzene rings is 2. The molecule has 0 radical (unpaired) electrons. The van der Waals surface area contributed by atoms with Crippen molar-refractivity contribution in [2.75, 3.05) is 17.2 Å². The summed E-state index contributed by atoms with van der Waals surface area (Å²) in [7, 11) is 0. The Labute approximate surface area is 167 Å². The number of amides is 2. The topological polar surface area (TPSA) is 80.3 Å². The number of nitrogens with one attached hydrogen (secondary N) is 2. The van der Waals surface area contributed by atoms with Crippen LogP contribution in [-0.4, -0.2) is 23.6 Å². The van der Waals surface area contributed by atoms with E-state index in [1.807, 2.05) is 31.4 Å². The molecule has 1 heterocycles. The molecule has 6 nitrogen and oxygen atoms in total. The van der Waals surface area contributed by atoms with E-state index in [9.17, 15) is 9.59 Å². The summed E-state index contributed by atoms with van der Waals surface area (Å²) in [4.78, 5) is 28.6. The summed E-state index contributed by atoms with van der Waals surface area (Å²) in [5.74, 6) is -0.297. The van der Waals surface area contributed by atoms with Gasteiger partial charge in [-0.25, -0.2) is 9.78 Å². The Balaban J connectivity index is 1.72. The Bertz CT molecular complexity index is 1010. The number of rotatable bonds is 5. The van der Waals surface area contributed by atoms with Gasteiger partial charge in [0.05, 0.1) is 12.3 Å². The van der Waals surface area contributed by atoms with E-state index in [0.29, 0.717) is 16.4 Å². The summed E-state index contributed by atoms with van der Waals surface area (Å²) in [6.45, 7) is 6.10. The van der Waals surface area contributed by atoms with Crippen molar-refractivity contribution in [2.45, 2.75) is 20.8 Å². The van der Waals surface area contributed by atoms with E-state index in [0.717, 1.165) is 16.8 Å². The van der Waals surface area contributed by atoms with Crippen molar-refractivity contribution in [3.05, 3.63) is 64.5 Å². The maximum absolute atomic E-state index is 12.5. The van der Waals surface area contributed by atoms with Crippen LogP contribution < -0.4 is 10.6 Å². The van der Waals surface area contributed by atoms with E-state index in [4.69, 9.17) is 4.74 Å². The molecular formula is C21H21N3O3S. The highest BCUT2D eigenvalue weighted by molar-refractivity contribution is 7.14. The summed E-state index contributed by atoms with van der Waals surface area (Å²) in [5.41, 5.74) is 5.11. The van der Waals surface area contributed by atoms with Crippen molar-refractivity contribution in [3.63, 3.8) is 0 Å². The van der Waals surface area contributed by atoms with Crippen molar-refractivity contribution in [3.8, 4) is 11.3 Å². The number of hydrogen-bond donors (Lipinski definition) is 2. The predicted molar refractivity (Wildman–Crippen MR) is 112 cm³/mol. The Morgan fingerprint density at radius 1 is 1.11 bits per heavy atom. The normalized spacial score (nSPS) is 10.4. The smallest absolute Gasteiger partial charge is 0.411 e. The van der Waals surface area contributed by atoms with Gasteiger partial charge in [-0.3, -0.25) is 15.4 Å². The van der Waals surface area contributed by atoms with Crippen LogP contribution in [0.3, 0.4) is 0 Å². The summed E-state index contributed by atoms with van der Waals surface area (Å²) >= 11 is 1.37. The standard InChI is InChI=1S/C21H21N3O3S/c1-4-27-21(26)22-16-7-5-6-15(11-16)19(25)24-20-23-18(12-28-20)17-9-8-13(2)10-14(17)3/h5-12H,4H2,1-3H3,(H,22,26)(H,23,24,25). The van der Waals surface area contributed by atoms with Gasteiger partial charge in [0.2, 0.25) is 0 Å². The van der Waals surface area contributed by atoms with Gasteiger partial charge in [-0.2, -0.15) is 0 Å². The van der Waals surface area contributed by atoms with Crippen LogP contribution in [0.1, 0.15) is 28.4 Å². The van der Waals surface area contributed by atoms with Gasteiger partial charge < -0.3 is 4.74 Å². The molecule has 2 aromatic carbocycles. The molecule has 0 atom stereocenters. The lowest BCUT2D eigenvalue weighted by Crippen LogP contribution is -2.15. The highest BCUT2D eigenvalue weighted by atomic mass is 32.1. The Morgan fingerprint density at radius 3 is 2.68 bits per heavy atom. The Morgan fingerprint density at radius 2 is 1.93 bits per heavy atom. The molecular weight excluding hydrogens is 374 g/mol. The number of carbonyl (C=O) groups excluding carboxylic acids is 2. The van der Waals surface area contributed by atoms with Crippen molar-refractivity contribution < 1.29 is 14.3 Å². The zero-order valence-electron chi connectivity index (χ0n) is 15.9. The van der Waals surface area contributed by atoms with Crippen LogP contribution in [0.15, 0.2) is 47.8 Å². The Hall–Kier alpha value is -3.19. The molecule has 0 aliphatic carbocycles. The van der Waals surface area contributed by atoms with E-state index >= 15 is 0 Å². The van der Waals surface area contributed by atoms with Crippen molar-refractivity contribution in [2.24, 2.45) is 0 Å². The molecule has 1 aromatic heterocycles. The van der Waals surface area contributed by atoms with Crippen LogP contribution in [0.5, 0.6) is 0 Å². The summed E-state index contributed by atoms with van der Waals surface area (Å²) in [5, 5.41) is 7.83. The van der Waals surface area contributed by atoms with E-state index < -0.39 is 6.09 Å². The molecule has 0 fully saturated rings. The molecule has 0 saturated heterocycles. The second-order valence-electron chi connectivity index (χ2n) is 6.24. The van der Waals surface area contributed by atoms with Gasteiger partial charge in [-0.15, -0.1) is 11.3 Å². The zero-order chi connectivity index (χ0) is 20.1. The predicted octanol–water partition coefficient (Wildman–Crippen LogP) is 5.25. The largest absolute Gasteiger partial charge is 0.450 e. The number of anilines is 2. The zero-order valence-corrected chi connectivity index (χ0v) is 16.7. The summed E-state index contributed by atoms with van der Waals surface area (Å²) < 4.78 is 4.84. The number of carbonyl (C=O) groups is 2. The number of aromatic nitrogens is 1. The molecule has 0 aliphatic rings. The fourth-order valence-corrected chi connectivity index (χ4v) is 3.45. The maximum atomic E-state index is 12.5. The minimum absolute atomic E-state index is 0.277. The summed E-state index contributed by atoms with van der Waals surface area (Å²) in [6.07, 6.45) is -0.557. The van der Waals surface area contributed by atoms with Gasteiger partial charge in [0.1, 0.15) is 0 Å². The number of hydrogen-bond acceptors (Lipinski definition) is 5. The van der Waals surface area contributed by atoms with Crippen molar-refractivity contribution in [1.29, 1.82) is 0 Å². The number of aryl methyl sites for hydroxylation is 2. The van der Waals surface area contributed by atoms with E-state index in [2.05, 4.69) is 21.7 Å². The third-order valence-corrected chi connectivity index (χ3v) is 4.79. The van der Waals surface area contributed by atoms with Crippen molar-refractivity contribution in [1.82, 2.24) is 4.98 Å². The average Bonchev–Trinajstić information content (AvgIpc) is 3.10. The lowest BCUT2D eigenvalue weighted by molar-refractivity contribution is 0.102. The molecule has 3 aromatic rings. The first-order chi connectivity index (χ1) is 13.5. The second-order valence-corrected chi connectivity index (χ2v) is 7.09. The van der Waals surface area contributed by atoms with Crippen molar-refractivity contribution >= 4 is 34.2 Å². The third kappa shape index (κ3) is 4.75. The summed E-state index contributed by atoms with van der Waals surface area (Å²) in [6, 6.07) is 12.8. The fourth-order valence-electron chi connectivity index (χ4n) is 2.75. The van der Waals surface area contributed by atoms with Gasteiger partial charge >= 0.3 is 6.09 Å². The lowest BCUT2D eigenvalue weighted by Gasteiger charge is -2.07. The molecule has 0 bridgehead atoms. The quantitative estimate of drug-likeness (QED) is 0.618. The molecule has 0 unspecified atom stereocenters. The molecule has 0 spiro atoms. The van der Waals surface area contributed by atoms with Crippen LogP contribution in [-0.2, 0) is 4.74 Å². The molecule has 28 heavy (non-hydrogen) atoms. The minimum Gasteiger partial charge on any atom is -0.450 e. The fraction of sp³-hybridized carbons (Fsp3) is 0.190. The first-order valence-corrected chi connectivity index (χ1v) is 9.72. The van der Waals surface area contributed by atoms with E-state index in [1.165, 1.54) is 16.9 Å². The van der Waals surface area contributed by atoms with Crippen LogP contribution in [0.25, 0.3) is 11.3 Å². The highest BCUT2D eigenvalue weighted by Gasteiger charge is 2.12. The molecule has 7 heteroatoms. The number of thiazole rings is 1. The van der Waals surface area contributed by atoms with Crippen LogP contribution in [0, 0.1) is 13.8 Å². The third-order valence-electron chi connectivity index (χ3n) is 4.03. The second kappa shape index (κ2) is 8.67. The first-order valence-electron chi connectivity index (χ1n) is 8.84. The molecule has 0 saturated carbocycles. The molecule has 3 rings (SSSR count). The minimum atomic E-state index is -0.557. The van der Waals surface area contributed by atoms with Crippen LogP contribution in [0.4, 0.5) is 15.6 Å². The van der Waals surface area contributed by atoms with Gasteiger partial charge in [-0.05, 0) is 44.5 Å². The first kappa shape index (κ1) is 19.6. The molecule has 144 valence electrons. The number of nitrogens with zero attached hydrogens (tertiary/aromatic N) is 1. The number of ether oxygens (including phenoxy) is 1.